The van der Waals surface area contributed by atoms with Gasteiger partial charge in [0.25, 0.3) is 0 Å². The lowest BCUT2D eigenvalue weighted by molar-refractivity contribution is -0.139. The third kappa shape index (κ3) is 3.74. The zero-order chi connectivity index (χ0) is 16.9. The van der Waals surface area contributed by atoms with E-state index in [1.54, 1.807) is 12.1 Å². The fraction of sp³-hybridized carbons (Fsp3) is 0.263. The number of carbonyl (C=O) groups excluding carboxylic acids is 1. The van der Waals surface area contributed by atoms with Crippen LogP contribution >= 0.6 is 0 Å². The van der Waals surface area contributed by atoms with Crippen LogP contribution < -0.4 is 10.1 Å². The molecule has 0 bridgehead atoms. The topological polar surface area (TPSA) is 75.6 Å². The highest BCUT2D eigenvalue weighted by Gasteiger charge is 2.31. The Morgan fingerprint density at radius 3 is 2.58 bits per heavy atom. The minimum atomic E-state index is -1.00. The van der Waals surface area contributed by atoms with Crippen LogP contribution in [0, 0.1) is 0 Å². The number of fused-ring (bicyclic) bond motifs is 1. The molecule has 124 valence electrons. The van der Waals surface area contributed by atoms with Crippen molar-refractivity contribution in [2.75, 3.05) is 13.2 Å². The maximum Gasteiger partial charge on any atom is 0.341 e. The average molecular weight is 325 g/mol. The second kappa shape index (κ2) is 7.17. The van der Waals surface area contributed by atoms with Gasteiger partial charge in [0.1, 0.15) is 5.75 Å². The smallest absolute Gasteiger partial charge is 0.341 e. The van der Waals surface area contributed by atoms with Gasteiger partial charge in [-0.2, -0.15) is 0 Å². The standard InChI is InChI=1S/C19H19NO4/c21-18(22)12-24-15-7-5-13(6-8-15)9-10-20-19(23)17-11-14-3-1-2-4-16(14)17/h1-8,17H,9-12H2,(H,20,23)(H,21,22). The number of benzene rings is 2. The molecule has 1 amide bonds. The van der Waals surface area contributed by atoms with Crippen LogP contribution in [0.5, 0.6) is 5.75 Å². The number of aliphatic carboxylic acids is 1. The number of carboxylic acid groups (broad SMARTS) is 1. The van der Waals surface area contributed by atoms with E-state index in [0.29, 0.717) is 12.3 Å². The van der Waals surface area contributed by atoms with Gasteiger partial charge in [0, 0.05) is 6.54 Å². The molecule has 5 heteroatoms. The maximum atomic E-state index is 12.2. The quantitative estimate of drug-likeness (QED) is 0.818. The summed E-state index contributed by atoms with van der Waals surface area (Å²) >= 11 is 0. The van der Waals surface area contributed by atoms with Crippen molar-refractivity contribution >= 4 is 11.9 Å². The van der Waals surface area contributed by atoms with Crippen LogP contribution in [-0.4, -0.2) is 30.1 Å². The Bertz CT molecular complexity index is 739. The van der Waals surface area contributed by atoms with Crippen LogP contribution in [0.4, 0.5) is 0 Å². The number of hydrogen-bond acceptors (Lipinski definition) is 3. The molecule has 0 aliphatic heterocycles. The van der Waals surface area contributed by atoms with Gasteiger partial charge >= 0.3 is 5.97 Å². The molecule has 3 rings (SSSR count). The molecule has 0 radical (unpaired) electrons. The predicted octanol–water partition coefficient (Wildman–Crippen LogP) is 2.15. The summed E-state index contributed by atoms with van der Waals surface area (Å²) in [6.45, 7) is 0.227. The Labute approximate surface area is 140 Å². The summed E-state index contributed by atoms with van der Waals surface area (Å²) in [5.41, 5.74) is 3.46. The second-order valence-electron chi connectivity index (χ2n) is 5.82. The third-order valence-electron chi connectivity index (χ3n) is 4.17. The van der Waals surface area contributed by atoms with Crippen LogP contribution in [0.2, 0.25) is 0 Å². The first kappa shape index (κ1) is 16.1. The van der Waals surface area contributed by atoms with Crippen molar-refractivity contribution in [3.8, 4) is 5.75 Å². The van der Waals surface area contributed by atoms with Crippen LogP contribution in [0.15, 0.2) is 48.5 Å². The number of ether oxygens (including phenoxy) is 1. The molecule has 0 fully saturated rings. The lowest BCUT2D eigenvalue weighted by atomic mass is 9.77. The molecule has 0 saturated carbocycles. The maximum absolute atomic E-state index is 12.2. The van der Waals surface area contributed by atoms with Gasteiger partial charge in [-0.1, -0.05) is 36.4 Å². The summed E-state index contributed by atoms with van der Waals surface area (Å²) in [5, 5.41) is 11.5. The molecule has 2 N–H and O–H groups in total. The van der Waals surface area contributed by atoms with Gasteiger partial charge < -0.3 is 15.2 Å². The van der Waals surface area contributed by atoms with Crippen molar-refractivity contribution in [2.45, 2.75) is 18.8 Å². The zero-order valence-electron chi connectivity index (χ0n) is 13.2. The predicted molar refractivity (Wildman–Crippen MR) is 89.2 cm³/mol. The molecule has 24 heavy (non-hydrogen) atoms. The lowest BCUT2D eigenvalue weighted by Gasteiger charge is -2.28. The fourth-order valence-electron chi connectivity index (χ4n) is 2.84. The summed E-state index contributed by atoms with van der Waals surface area (Å²) in [6, 6.07) is 15.3. The highest BCUT2D eigenvalue weighted by Crippen LogP contribution is 2.34. The van der Waals surface area contributed by atoms with Gasteiger partial charge in [0.05, 0.1) is 5.92 Å². The first-order valence-electron chi connectivity index (χ1n) is 7.92. The van der Waals surface area contributed by atoms with E-state index in [1.807, 2.05) is 30.3 Å². The zero-order valence-corrected chi connectivity index (χ0v) is 13.2. The molecule has 1 aliphatic rings. The molecule has 0 spiro atoms. The summed E-state index contributed by atoms with van der Waals surface area (Å²) in [4.78, 5) is 22.6. The van der Waals surface area contributed by atoms with E-state index in [-0.39, 0.29) is 18.4 Å². The molecular weight excluding hydrogens is 306 g/mol. The van der Waals surface area contributed by atoms with E-state index >= 15 is 0 Å². The minimum Gasteiger partial charge on any atom is -0.482 e. The SMILES string of the molecule is O=C(O)COc1ccc(CCNC(=O)C2Cc3ccccc32)cc1. The van der Waals surface area contributed by atoms with Crippen LogP contribution in [0.25, 0.3) is 0 Å². The van der Waals surface area contributed by atoms with Crippen LogP contribution in [0.3, 0.4) is 0 Å². The molecule has 2 aromatic carbocycles. The number of amides is 1. The molecule has 5 nitrogen and oxygen atoms in total. The van der Waals surface area contributed by atoms with Gasteiger partial charge in [0.2, 0.25) is 5.91 Å². The van der Waals surface area contributed by atoms with Crippen LogP contribution in [0.1, 0.15) is 22.6 Å². The van der Waals surface area contributed by atoms with Crippen molar-refractivity contribution < 1.29 is 19.4 Å². The van der Waals surface area contributed by atoms with E-state index in [4.69, 9.17) is 9.84 Å². The fourth-order valence-corrected chi connectivity index (χ4v) is 2.84. The Morgan fingerprint density at radius 2 is 1.88 bits per heavy atom. The van der Waals surface area contributed by atoms with Gasteiger partial charge in [-0.25, -0.2) is 4.79 Å². The Kier molecular flexibility index (Phi) is 4.79. The first-order chi connectivity index (χ1) is 11.6. The van der Waals surface area contributed by atoms with E-state index in [1.165, 1.54) is 5.56 Å². The Hall–Kier alpha value is -2.82. The van der Waals surface area contributed by atoms with E-state index in [2.05, 4.69) is 11.4 Å². The molecular formula is C19H19NO4. The normalized spacial score (nSPS) is 15.1. The largest absolute Gasteiger partial charge is 0.482 e. The minimum absolute atomic E-state index is 0.0204. The van der Waals surface area contributed by atoms with Crippen molar-refractivity contribution in [2.24, 2.45) is 0 Å². The van der Waals surface area contributed by atoms with Crippen LogP contribution in [-0.2, 0) is 22.4 Å². The third-order valence-corrected chi connectivity index (χ3v) is 4.17. The van der Waals surface area contributed by atoms with Crippen molar-refractivity contribution in [3.63, 3.8) is 0 Å². The van der Waals surface area contributed by atoms with Gasteiger partial charge in [-0.05, 0) is 41.7 Å². The molecule has 0 saturated heterocycles. The highest BCUT2D eigenvalue weighted by atomic mass is 16.5. The Morgan fingerprint density at radius 1 is 1.12 bits per heavy atom. The van der Waals surface area contributed by atoms with Crippen molar-refractivity contribution in [1.82, 2.24) is 5.32 Å². The van der Waals surface area contributed by atoms with E-state index < -0.39 is 5.97 Å². The van der Waals surface area contributed by atoms with Crippen molar-refractivity contribution in [1.29, 1.82) is 0 Å². The molecule has 1 aliphatic carbocycles. The van der Waals surface area contributed by atoms with E-state index in [9.17, 15) is 9.59 Å². The summed E-state index contributed by atoms with van der Waals surface area (Å²) in [6.07, 6.45) is 1.54. The number of nitrogens with one attached hydrogen (secondary N) is 1. The molecule has 0 aromatic heterocycles. The monoisotopic (exact) mass is 325 g/mol. The average Bonchev–Trinajstić information content (AvgIpc) is 2.55. The summed E-state index contributed by atoms with van der Waals surface area (Å²) in [7, 11) is 0. The first-order valence-corrected chi connectivity index (χ1v) is 7.92. The number of hydrogen-bond donors (Lipinski definition) is 2. The van der Waals surface area contributed by atoms with E-state index in [0.717, 1.165) is 24.0 Å². The highest BCUT2D eigenvalue weighted by molar-refractivity contribution is 5.86. The molecule has 1 atom stereocenters. The second-order valence-corrected chi connectivity index (χ2v) is 5.82. The van der Waals surface area contributed by atoms with Gasteiger partial charge in [-0.3, -0.25) is 4.79 Å². The van der Waals surface area contributed by atoms with Gasteiger partial charge in [0.15, 0.2) is 6.61 Å². The summed E-state index contributed by atoms with van der Waals surface area (Å²) in [5.74, 6) is -0.418. The Balaban J connectivity index is 1.43. The number of carbonyl (C=O) groups is 2. The number of carboxylic acids is 1. The summed E-state index contributed by atoms with van der Waals surface area (Å²) < 4.78 is 5.08. The van der Waals surface area contributed by atoms with Gasteiger partial charge in [-0.15, -0.1) is 0 Å². The lowest BCUT2D eigenvalue weighted by Crippen LogP contribution is -2.36. The number of rotatable bonds is 7. The molecule has 0 heterocycles. The molecule has 1 unspecified atom stereocenters. The van der Waals surface area contributed by atoms with Crippen molar-refractivity contribution in [3.05, 3.63) is 65.2 Å². The molecule has 2 aromatic rings.